The van der Waals surface area contributed by atoms with Crippen LogP contribution in [-0.4, -0.2) is 40.5 Å². The van der Waals surface area contributed by atoms with Gasteiger partial charge in [0.1, 0.15) is 17.4 Å². The molecule has 0 saturated heterocycles. The van der Waals surface area contributed by atoms with Crippen LogP contribution in [0.5, 0.6) is 11.5 Å². The van der Waals surface area contributed by atoms with Gasteiger partial charge in [0, 0.05) is 41.5 Å². The number of nitrogens with two attached hydrogens (primary N) is 1. The lowest BCUT2D eigenvalue weighted by molar-refractivity contribution is -0.127. The minimum absolute atomic E-state index is 0.0143. The number of Topliss-reactive ketones (excluding diaryl/α,β-unsaturated/α-hetero) is 2. The van der Waals surface area contributed by atoms with Gasteiger partial charge in [-0.1, -0.05) is 68.9 Å². The number of carbonyl (C=O) groups is 2. The van der Waals surface area contributed by atoms with E-state index in [1.807, 2.05) is 36.4 Å². The smallest absolute Gasteiger partial charge is 0.161 e. The third-order valence-electron chi connectivity index (χ3n) is 9.52. The fourth-order valence-corrected chi connectivity index (χ4v) is 7.16. The van der Waals surface area contributed by atoms with Crippen molar-refractivity contribution in [2.45, 2.75) is 83.0 Å². The van der Waals surface area contributed by atoms with Crippen molar-refractivity contribution in [3.05, 3.63) is 76.7 Å². The number of ketones is 2. The number of hydrogen-bond acceptors (Lipinski definition) is 7. The lowest BCUT2D eigenvalue weighted by Gasteiger charge is -2.42. The first-order chi connectivity index (χ1) is 21.3. The molecule has 234 valence electrons. The summed E-state index contributed by atoms with van der Waals surface area (Å²) in [6, 6.07) is 9.25. The van der Waals surface area contributed by atoms with Crippen LogP contribution >= 0.6 is 0 Å². The number of aromatic hydroxyl groups is 1. The molecule has 0 amide bonds. The second kappa shape index (κ2) is 14.2. The van der Waals surface area contributed by atoms with E-state index in [9.17, 15) is 19.8 Å². The van der Waals surface area contributed by atoms with Crippen molar-refractivity contribution in [2.24, 2.45) is 11.3 Å². The van der Waals surface area contributed by atoms with Crippen molar-refractivity contribution in [2.75, 3.05) is 19.5 Å². The molecule has 0 spiro atoms. The van der Waals surface area contributed by atoms with E-state index in [0.29, 0.717) is 30.6 Å². The molecule has 2 aliphatic carbocycles. The molecule has 8 heteroatoms. The lowest BCUT2D eigenvalue weighted by Crippen LogP contribution is -2.37. The number of phenolic OH excluding ortho intramolecular Hbond substituents is 1. The Hall–Kier alpha value is -3.91. The molecule has 0 radical (unpaired) electrons. The molecule has 0 aliphatic heterocycles. The van der Waals surface area contributed by atoms with E-state index in [-0.39, 0.29) is 42.5 Å². The highest BCUT2D eigenvalue weighted by Gasteiger charge is 2.43. The van der Waals surface area contributed by atoms with Crippen LogP contribution in [0, 0.1) is 11.3 Å². The molecule has 1 saturated carbocycles. The second-order valence-electron chi connectivity index (χ2n) is 12.5. The number of nitrogen functional groups attached to an aromatic ring is 1. The topological polar surface area (TPSA) is 137 Å². The molecule has 8 nitrogen and oxygen atoms in total. The van der Waals surface area contributed by atoms with E-state index < -0.39 is 11.3 Å². The molecule has 2 aliphatic rings. The molecule has 5 rings (SSSR count). The van der Waals surface area contributed by atoms with Gasteiger partial charge in [0.05, 0.1) is 20.1 Å². The summed E-state index contributed by atoms with van der Waals surface area (Å²) in [6.45, 7) is -0.212. The molecule has 2 heterocycles. The quantitative estimate of drug-likeness (QED) is 0.194. The van der Waals surface area contributed by atoms with Crippen molar-refractivity contribution in [3.63, 3.8) is 0 Å². The predicted molar refractivity (Wildman–Crippen MR) is 171 cm³/mol. The number of aliphatic hydroxyl groups is 1. The van der Waals surface area contributed by atoms with Crippen molar-refractivity contribution in [1.82, 2.24) is 9.97 Å². The van der Waals surface area contributed by atoms with Gasteiger partial charge in [-0.25, -0.2) is 4.98 Å². The van der Waals surface area contributed by atoms with Gasteiger partial charge in [-0.15, -0.1) is 0 Å². The summed E-state index contributed by atoms with van der Waals surface area (Å²) in [7, 11) is 1.49. The molecular weight excluding hydrogens is 554 g/mol. The zero-order chi connectivity index (χ0) is 31.1. The summed E-state index contributed by atoms with van der Waals surface area (Å²) in [5.41, 5.74) is 9.15. The van der Waals surface area contributed by atoms with E-state index in [1.54, 1.807) is 18.5 Å². The van der Waals surface area contributed by atoms with Crippen LogP contribution in [0.2, 0.25) is 0 Å². The number of rotatable bonds is 14. The Bertz CT molecular complexity index is 1480. The van der Waals surface area contributed by atoms with Gasteiger partial charge in [-0.2, -0.15) is 11.9 Å². The maximum absolute atomic E-state index is 12.9. The van der Waals surface area contributed by atoms with Gasteiger partial charge >= 0.3 is 0 Å². The van der Waals surface area contributed by atoms with Crippen LogP contribution in [0.25, 0.3) is 6.08 Å². The van der Waals surface area contributed by atoms with E-state index in [1.165, 1.54) is 39.2 Å². The number of carbonyl (C=O) groups excluding carboxylic acids is 2. The van der Waals surface area contributed by atoms with E-state index in [2.05, 4.69) is 9.97 Å². The first-order valence-corrected chi connectivity index (χ1v) is 15.9. The predicted octanol–water partition coefficient (Wildman–Crippen LogP) is 5.93. The summed E-state index contributed by atoms with van der Waals surface area (Å²) in [6.07, 6.45) is 17.0. The molecule has 2 atom stereocenters. The number of anilines is 1. The minimum atomic E-state index is -0.844. The van der Waals surface area contributed by atoms with Crippen LogP contribution in [0.1, 0.15) is 98.1 Å². The summed E-state index contributed by atoms with van der Waals surface area (Å²) >= 11 is 0. The molecule has 1 aromatic carbocycles. The fraction of sp³-hybridized carbons (Fsp3) is 0.472. The molecule has 4 N–H and O–H groups in total. The van der Waals surface area contributed by atoms with Gasteiger partial charge in [0.15, 0.2) is 11.5 Å². The summed E-state index contributed by atoms with van der Waals surface area (Å²) in [5, 5.41) is 22.4. The number of nitrogens with zero attached hydrogens (tertiary/aromatic N) is 2. The highest BCUT2D eigenvalue weighted by Crippen LogP contribution is 2.53. The van der Waals surface area contributed by atoms with Crippen molar-refractivity contribution in [1.29, 1.82) is 0 Å². The number of pyridine rings is 1. The Morgan fingerprint density at radius 1 is 1.11 bits per heavy atom. The SMILES string of the molecule is COc1cc(CCC(=O)CC(=O)CCCC2CCCCC2)cc([C@@H]2c3ccnc(N)c3C=C[C@@]2(CO)Cc2ccc[n-]2)c1O. The monoisotopic (exact) mass is 598 g/mol. The lowest BCUT2D eigenvalue weighted by atomic mass is 9.63. The maximum atomic E-state index is 12.9. The van der Waals surface area contributed by atoms with Crippen LogP contribution < -0.4 is 15.5 Å². The highest BCUT2D eigenvalue weighted by atomic mass is 16.5. The average Bonchev–Trinajstić information content (AvgIpc) is 3.54. The molecular formula is C36H44N3O5-. The van der Waals surface area contributed by atoms with Gasteiger partial charge in [-0.3, -0.25) is 9.59 Å². The van der Waals surface area contributed by atoms with Gasteiger partial charge in [-0.05, 0) is 48.4 Å². The van der Waals surface area contributed by atoms with Crippen molar-refractivity contribution < 1.29 is 24.5 Å². The Balaban J connectivity index is 1.36. The fourth-order valence-electron chi connectivity index (χ4n) is 7.16. The first kappa shape index (κ1) is 31.5. The first-order valence-electron chi connectivity index (χ1n) is 15.9. The maximum Gasteiger partial charge on any atom is 0.161 e. The summed E-state index contributed by atoms with van der Waals surface area (Å²) in [4.78, 5) is 34.1. The standard InChI is InChI=1S/C36H44N3O5/c1-44-32-20-25(12-13-28(42)21-27(41)11-5-9-24-7-3-2-4-8-24)19-31(34(32)43)33-29-15-18-39-35(37)30(29)14-16-36(33,23-40)22-26-10-6-17-38-26/h6,10,14-20,24,33,40,43H,2-5,7-9,11-13,21-23H2,1H3,(H2,37,39)/q-1/t33-,36-/m0/s1. The third kappa shape index (κ3) is 7.07. The second-order valence-corrected chi connectivity index (χ2v) is 12.5. The zero-order valence-electron chi connectivity index (χ0n) is 25.6. The van der Waals surface area contributed by atoms with Crippen molar-refractivity contribution >= 4 is 23.5 Å². The Morgan fingerprint density at radius 3 is 2.64 bits per heavy atom. The van der Waals surface area contributed by atoms with Crippen LogP contribution in [-0.2, 0) is 22.4 Å². The largest absolute Gasteiger partial charge is 0.668 e. The molecule has 2 aromatic heterocycles. The third-order valence-corrected chi connectivity index (χ3v) is 9.52. The molecule has 0 unspecified atom stereocenters. The molecule has 3 aromatic rings. The number of phenols is 1. The Morgan fingerprint density at radius 2 is 1.91 bits per heavy atom. The number of aryl methyl sites for hydroxylation is 1. The number of fused-ring (bicyclic) bond motifs is 1. The molecule has 0 bridgehead atoms. The van der Waals surface area contributed by atoms with Gasteiger partial charge in [0.2, 0.25) is 0 Å². The average molecular weight is 599 g/mol. The Labute approximate surface area is 259 Å². The molecule has 44 heavy (non-hydrogen) atoms. The number of methoxy groups -OCH3 is 1. The minimum Gasteiger partial charge on any atom is -0.668 e. The van der Waals surface area contributed by atoms with Gasteiger partial charge < -0.3 is 25.7 Å². The van der Waals surface area contributed by atoms with Crippen LogP contribution in [0.4, 0.5) is 5.82 Å². The highest BCUT2D eigenvalue weighted by molar-refractivity contribution is 5.99. The van der Waals surface area contributed by atoms with Crippen LogP contribution in [0.15, 0.2) is 48.8 Å². The Kier molecular flexibility index (Phi) is 10.2. The number of aliphatic hydroxyl groups excluding tert-OH is 1. The van der Waals surface area contributed by atoms with E-state index >= 15 is 0 Å². The summed E-state index contributed by atoms with van der Waals surface area (Å²) in [5.74, 6) is 0.753. The number of ether oxygens (including phenoxy) is 1. The molecule has 1 fully saturated rings. The van der Waals surface area contributed by atoms with Crippen molar-refractivity contribution in [3.8, 4) is 11.5 Å². The normalized spacial score (nSPS) is 19.9. The van der Waals surface area contributed by atoms with Gasteiger partial charge in [0.25, 0.3) is 0 Å². The number of benzene rings is 1. The number of hydrogen-bond donors (Lipinski definition) is 3. The van der Waals surface area contributed by atoms with E-state index in [4.69, 9.17) is 10.5 Å². The summed E-state index contributed by atoms with van der Waals surface area (Å²) < 4.78 is 5.58. The number of aromatic nitrogens is 2. The van der Waals surface area contributed by atoms with Crippen LogP contribution in [0.3, 0.4) is 0 Å². The zero-order valence-corrected chi connectivity index (χ0v) is 25.6. The van der Waals surface area contributed by atoms with E-state index in [0.717, 1.165) is 41.1 Å².